The van der Waals surface area contributed by atoms with Gasteiger partial charge in [0.1, 0.15) is 6.04 Å². The van der Waals surface area contributed by atoms with Gasteiger partial charge in [0.2, 0.25) is 5.91 Å². The Labute approximate surface area is 184 Å². The molecule has 1 N–H and O–H groups in total. The van der Waals surface area contributed by atoms with Gasteiger partial charge in [-0.15, -0.1) is 0 Å². The molecule has 0 unspecified atom stereocenters. The second kappa shape index (κ2) is 9.77. The Morgan fingerprint density at radius 3 is 2.42 bits per heavy atom. The van der Waals surface area contributed by atoms with E-state index in [9.17, 15) is 14.4 Å². The zero-order valence-electron chi connectivity index (χ0n) is 18.7. The summed E-state index contributed by atoms with van der Waals surface area (Å²) in [6, 6.07) is 13.8. The molecule has 1 aliphatic heterocycles. The van der Waals surface area contributed by atoms with E-state index in [1.807, 2.05) is 49.4 Å². The number of imide groups is 1. The summed E-state index contributed by atoms with van der Waals surface area (Å²) in [6.07, 6.45) is 1.62. The number of urea groups is 1. The first kappa shape index (κ1) is 22.5. The molecule has 1 saturated heterocycles. The van der Waals surface area contributed by atoms with Gasteiger partial charge in [0, 0.05) is 12.2 Å². The van der Waals surface area contributed by atoms with E-state index in [1.165, 1.54) is 10.5 Å². The number of nitrogens with zero attached hydrogens (tertiary/aromatic N) is 2. The molecular weight excluding hydrogens is 390 g/mol. The van der Waals surface area contributed by atoms with Crippen LogP contribution in [0.2, 0.25) is 0 Å². The van der Waals surface area contributed by atoms with Gasteiger partial charge in [-0.3, -0.25) is 9.59 Å². The lowest BCUT2D eigenvalue weighted by Gasteiger charge is -2.22. The van der Waals surface area contributed by atoms with Crippen molar-refractivity contribution in [3.8, 4) is 0 Å². The Morgan fingerprint density at radius 2 is 1.81 bits per heavy atom. The third kappa shape index (κ3) is 5.32. The standard InChI is InChI=1S/C25H31N3O3/c1-5-19-9-11-20(12-10-19)26-23(29)16-22-24(30)28(21-8-6-7-18(4)15-21)25(31)27(22)14-13-17(2)3/h6-12,15,17,22H,5,13-14,16H2,1-4H3,(H,26,29)/t22-/m1/s1. The van der Waals surface area contributed by atoms with Gasteiger partial charge >= 0.3 is 6.03 Å². The Kier molecular flexibility index (Phi) is 7.10. The lowest BCUT2D eigenvalue weighted by atomic mass is 10.1. The molecule has 0 spiro atoms. The van der Waals surface area contributed by atoms with Crippen LogP contribution < -0.4 is 10.2 Å². The molecule has 0 saturated carbocycles. The maximum Gasteiger partial charge on any atom is 0.332 e. The van der Waals surface area contributed by atoms with E-state index in [1.54, 1.807) is 11.0 Å². The second-order valence-corrected chi connectivity index (χ2v) is 8.49. The van der Waals surface area contributed by atoms with Crippen molar-refractivity contribution < 1.29 is 14.4 Å². The molecule has 0 aliphatic carbocycles. The summed E-state index contributed by atoms with van der Waals surface area (Å²) in [4.78, 5) is 41.9. The molecule has 164 valence electrons. The van der Waals surface area contributed by atoms with Crippen molar-refractivity contribution in [3.63, 3.8) is 0 Å². The van der Waals surface area contributed by atoms with Crippen LogP contribution in [0.25, 0.3) is 0 Å². The summed E-state index contributed by atoms with van der Waals surface area (Å²) < 4.78 is 0. The Balaban J connectivity index is 1.79. The summed E-state index contributed by atoms with van der Waals surface area (Å²) in [5.74, 6) is -0.255. The van der Waals surface area contributed by atoms with E-state index >= 15 is 0 Å². The lowest BCUT2D eigenvalue weighted by molar-refractivity contribution is -0.124. The number of rotatable bonds is 8. The van der Waals surface area contributed by atoms with Crippen LogP contribution in [0.5, 0.6) is 0 Å². The van der Waals surface area contributed by atoms with Gasteiger partial charge in [-0.05, 0) is 61.1 Å². The normalized spacial score (nSPS) is 16.4. The number of anilines is 2. The van der Waals surface area contributed by atoms with Crippen LogP contribution >= 0.6 is 0 Å². The molecule has 2 aromatic rings. The van der Waals surface area contributed by atoms with Gasteiger partial charge in [-0.25, -0.2) is 9.69 Å². The molecule has 1 atom stereocenters. The van der Waals surface area contributed by atoms with Crippen molar-refractivity contribution in [2.24, 2.45) is 5.92 Å². The van der Waals surface area contributed by atoms with Crippen LogP contribution in [-0.4, -0.2) is 35.3 Å². The summed E-state index contributed by atoms with van der Waals surface area (Å²) >= 11 is 0. The molecule has 3 rings (SSSR count). The maximum absolute atomic E-state index is 13.2. The number of hydrogen-bond acceptors (Lipinski definition) is 3. The van der Waals surface area contributed by atoms with Gasteiger partial charge in [0.15, 0.2) is 0 Å². The molecule has 0 aromatic heterocycles. The minimum atomic E-state index is -0.804. The Hall–Kier alpha value is -3.15. The first-order chi connectivity index (χ1) is 14.8. The predicted octanol–water partition coefficient (Wildman–Crippen LogP) is 4.77. The fraction of sp³-hybridized carbons (Fsp3) is 0.400. The van der Waals surface area contributed by atoms with Crippen molar-refractivity contribution in [1.29, 1.82) is 0 Å². The van der Waals surface area contributed by atoms with Crippen molar-refractivity contribution in [3.05, 3.63) is 59.7 Å². The van der Waals surface area contributed by atoms with E-state index in [2.05, 4.69) is 26.1 Å². The highest BCUT2D eigenvalue weighted by molar-refractivity contribution is 6.22. The zero-order chi connectivity index (χ0) is 22.5. The van der Waals surface area contributed by atoms with E-state index in [4.69, 9.17) is 0 Å². The maximum atomic E-state index is 13.2. The van der Waals surface area contributed by atoms with E-state index in [0.29, 0.717) is 23.8 Å². The highest BCUT2D eigenvalue weighted by Gasteiger charge is 2.46. The number of carbonyl (C=O) groups excluding carboxylic acids is 3. The minimum Gasteiger partial charge on any atom is -0.326 e. The van der Waals surface area contributed by atoms with Crippen LogP contribution in [0.4, 0.5) is 16.2 Å². The summed E-state index contributed by atoms with van der Waals surface area (Å²) in [7, 11) is 0. The van der Waals surface area contributed by atoms with Crippen molar-refractivity contribution in [2.45, 2.75) is 53.0 Å². The summed E-state index contributed by atoms with van der Waals surface area (Å²) in [5.41, 5.74) is 3.37. The number of amides is 4. The SMILES string of the molecule is CCc1ccc(NC(=O)C[C@@H]2C(=O)N(c3cccc(C)c3)C(=O)N2CCC(C)C)cc1. The van der Waals surface area contributed by atoms with Crippen LogP contribution in [0.3, 0.4) is 0 Å². The molecule has 2 aromatic carbocycles. The third-order valence-electron chi connectivity index (χ3n) is 5.55. The smallest absolute Gasteiger partial charge is 0.326 e. The van der Waals surface area contributed by atoms with Crippen molar-refractivity contribution >= 4 is 29.2 Å². The largest absolute Gasteiger partial charge is 0.332 e. The van der Waals surface area contributed by atoms with Crippen molar-refractivity contribution in [1.82, 2.24) is 4.90 Å². The molecule has 6 heteroatoms. The first-order valence-corrected chi connectivity index (χ1v) is 10.9. The van der Waals surface area contributed by atoms with Crippen LogP contribution in [0.15, 0.2) is 48.5 Å². The second-order valence-electron chi connectivity index (χ2n) is 8.49. The molecule has 6 nitrogen and oxygen atoms in total. The number of hydrogen-bond donors (Lipinski definition) is 1. The average molecular weight is 422 g/mol. The van der Waals surface area contributed by atoms with Gasteiger partial charge in [-0.2, -0.15) is 0 Å². The fourth-order valence-electron chi connectivity index (χ4n) is 3.70. The molecular formula is C25H31N3O3. The Bertz CT molecular complexity index is 953. The van der Waals surface area contributed by atoms with Gasteiger partial charge < -0.3 is 10.2 Å². The predicted molar refractivity (Wildman–Crippen MR) is 123 cm³/mol. The lowest BCUT2D eigenvalue weighted by Crippen LogP contribution is -2.39. The highest BCUT2D eigenvalue weighted by Crippen LogP contribution is 2.28. The first-order valence-electron chi connectivity index (χ1n) is 10.9. The average Bonchev–Trinajstić information content (AvgIpc) is 2.96. The van der Waals surface area contributed by atoms with Crippen LogP contribution in [0, 0.1) is 12.8 Å². The zero-order valence-corrected chi connectivity index (χ0v) is 18.7. The summed E-state index contributed by atoms with van der Waals surface area (Å²) in [6.45, 7) is 8.57. The fourth-order valence-corrected chi connectivity index (χ4v) is 3.70. The van der Waals surface area contributed by atoms with E-state index in [-0.39, 0.29) is 24.3 Å². The van der Waals surface area contributed by atoms with E-state index in [0.717, 1.165) is 18.4 Å². The van der Waals surface area contributed by atoms with Gasteiger partial charge in [-0.1, -0.05) is 45.0 Å². The van der Waals surface area contributed by atoms with E-state index < -0.39 is 6.04 Å². The number of benzene rings is 2. The quantitative estimate of drug-likeness (QED) is 0.624. The van der Waals surface area contributed by atoms with Gasteiger partial charge in [0.25, 0.3) is 5.91 Å². The number of carbonyl (C=O) groups is 3. The molecule has 4 amide bonds. The topological polar surface area (TPSA) is 69.7 Å². The van der Waals surface area contributed by atoms with Gasteiger partial charge in [0.05, 0.1) is 12.1 Å². The van der Waals surface area contributed by atoms with Crippen LogP contribution in [-0.2, 0) is 16.0 Å². The molecule has 1 aliphatic rings. The molecule has 1 heterocycles. The highest BCUT2D eigenvalue weighted by atomic mass is 16.2. The minimum absolute atomic E-state index is 0.0689. The number of nitrogens with one attached hydrogen (secondary N) is 1. The van der Waals surface area contributed by atoms with Crippen LogP contribution in [0.1, 0.15) is 44.7 Å². The number of aryl methyl sites for hydroxylation is 2. The Morgan fingerprint density at radius 1 is 1.10 bits per heavy atom. The molecule has 0 bridgehead atoms. The molecule has 31 heavy (non-hydrogen) atoms. The third-order valence-corrected chi connectivity index (χ3v) is 5.55. The van der Waals surface area contributed by atoms with Crippen molar-refractivity contribution in [2.75, 3.05) is 16.8 Å². The summed E-state index contributed by atoms with van der Waals surface area (Å²) in [5, 5.41) is 2.86. The molecule has 1 fully saturated rings. The monoisotopic (exact) mass is 421 g/mol. The molecule has 0 radical (unpaired) electrons.